The molecule has 1 aliphatic rings. The summed E-state index contributed by atoms with van der Waals surface area (Å²) in [5, 5.41) is 2.75. The van der Waals surface area contributed by atoms with Gasteiger partial charge in [0.05, 0.1) is 24.9 Å². The fourth-order valence-corrected chi connectivity index (χ4v) is 3.46. The molecule has 0 radical (unpaired) electrons. The molecule has 0 spiro atoms. The number of nitrogens with two attached hydrogens (primary N) is 1. The molecule has 0 aromatic heterocycles. The Balaban J connectivity index is 3.04. The van der Waals surface area contributed by atoms with Crippen molar-refractivity contribution >= 4 is 19.7 Å². The number of amides is 1. The van der Waals surface area contributed by atoms with Crippen molar-refractivity contribution in [3.63, 3.8) is 0 Å². The SMILES string of the molecule is CCOP(=O)(O)OC(=O)C1=CC(OC(CC)CC)C(NC(C)=O)C(N)C1. The van der Waals surface area contributed by atoms with Gasteiger partial charge in [0.15, 0.2) is 0 Å². The minimum absolute atomic E-state index is 0.0681. The van der Waals surface area contributed by atoms with Crippen LogP contribution in [0, 0.1) is 0 Å². The lowest BCUT2D eigenvalue weighted by molar-refractivity contribution is -0.132. The van der Waals surface area contributed by atoms with Crippen LogP contribution in [0.2, 0.25) is 0 Å². The van der Waals surface area contributed by atoms with Gasteiger partial charge in [-0.2, -0.15) is 0 Å². The van der Waals surface area contributed by atoms with Gasteiger partial charge in [0.2, 0.25) is 5.91 Å². The van der Waals surface area contributed by atoms with Crippen molar-refractivity contribution in [1.82, 2.24) is 5.32 Å². The van der Waals surface area contributed by atoms with Crippen LogP contribution in [0.4, 0.5) is 0 Å². The molecule has 0 saturated carbocycles. The molecule has 0 aliphatic heterocycles. The van der Waals surface area contributed by atoms with Crippen LogP contribution in [0.5, 0.6) is 0 Å². The average Bonchev–Trinajstić information content (AvgIpc) is 2.54. The molecule has 26 heavy (non-hydrogen) atoms. The van der Waals surface area contributed by atoms with Gasteiger partial charge in [-0.15, -0.1) is 0 Å². The summed E-state index contributed by atoms with van der Waals surface area (Å²) in [6, 6.07) is -1.13. The molecule has 0 heterocycles. The summed E-state index contributed by atoms with van der Waals surface area (Å²) in [5.74, 6) is -1.25. The predicted molar refractivity (Wildman–Crippen MR) is 95.1 cm³/mol. The van der Waals surface area contributed by atoms with Crippen LogP contribution in [0.15, 0.2) is 11.6 Å². The highest BCUT2D eigenvalue weighted by molar-refractivity contribution is 7.48. The lowest BCUT2D eigenvalue weighted by atomic mass is 9.88. The third-order valence-electron chi connectivity index (χ3n) is 4.02. The van der Waals surface area contributed by atoms with Crippen LogP contribution in [0.1, 0.15) is 47.0 Å². The van der Waals surface area contributed by atoms with E-state index < -0.39 is 32.0 Å². The van der Waals surface area contributed by atoms with Gasteiger partial charge in [0.25, 0.3) is 0 Å². The second kappa shape index (κ2) is 10.2. The van der Waals surface area contributed by atoms with E-state index >= 15 is 0 Å². The van der Waals surface area contributed by atoms with Gasteiger partial charge in [0, 0.05) is 18.5 Å². The van der Waals surface area contributed by atoms with E-state index in [0.717, 1.165) is 12.8 Å². The number of carbonyl (C=O) groups is 2. The van der Waals surface area contributed by atoms with Gasteiger partial charge in [-0.05, 0) is 32.3 Å². The Morgan fingerprint density at radius 1 is 1.38 bits per heavy atom. The van der Waals surface area contributed by atoms with Gasteiger partial charge in [-0.3, -0.25) is 14.2 Å². The van der Waals surface area contributed by atoms with Crippen LogP contribution in [-0.2, 0) is 27.9 Å². The molecular weight excluding hydrogens is 363 g/mol. The van der Waals surface area contributed by atoms with Gasteiger partial charge >= 0.3 is 13.8 Å². The van der Waals surface area contributed by atoms with Crippen molar-refractivity contribution in [1.29, 1.82) is 0 Å². The normalized spacial score (nSPS) is 25.3. The van der Waals surface area contributed by atoms with E-state index in [9.17, 15) is 19.0 Å². The molecule has 4 unspecified atom stereocenters. The summed E-state index contributed by atoms with van der Waals surface area (Å²) in [6.45, 7) is 6.73. The number of rotatable bonds is 9. The molecule has 4 atom stereocenters. The number of hydrogen-bond acceptors (Lipinski definition) is 7. The minimum atomic E-state index is -4.47. The Morgan fingerprint density at radius 2 is 2.00 bits per heavy atom. The zero-order chi connectivity index (χ0) is 19.9. The molecule has 0 bridgehead atoms. The summed E-state index contributed by atoms with van der Waals surface area (Å²) in [4.78, 5) is 33.2. The Bertz CT molecular complexity index is 577. The number of hydrogen-bond donors (Lipinski definition) is 3. The van der Waals surface area contributed by atoms with Crippen LogP contribution in [-0.4, -0.2) is 47.7 Å². The van der Waals surface area contributed by atoms with E-state index in [1.807, 2.05) is 13.8 Å². The van der Waals surface area contributed by atoms with E-state index in [1.54, 1.807) is 0 Å². The highest BCUT2D eigenvalue weighted by atomic mass is 31.2. The molecule has 9 nitrogen and oxygen atoms in total. The highest BCUT2D eigenvalue weighted by Crippen LogP contribution is 2.44. The molecule has 4 N–H and O–H groups in total. The molecule has 150 valence electrons. The van der Waals surface area contributed by atoms with Crippen molar-refractivity contribution in [3.05, 3.63) is 11.6 Å². The van der Waals surface area contributed by atoms with Crippen molar-refractivity contribution in [2.24, 2.45) is 5.73 Å². The second-order valence-corrected chi connectivity index (χ2v) is 7.47. The first kappa shape index (κ1) is 22.8. The summed E-state index contributed by atoms with van der Waals surface area (Å²) < 4.78 is 26.8. The molecule has 0 aromatic rings. The van der Waals surface area contributed by atoms with Crippen molar-refractivity contribution < 1.29 is 32.8 Å². The van der Waals surface area contributed by atoms with Crippen LogP contribution in [0.25, 0.3) is 0 Å². The summed E-state index contributed by atoms with van der Waals surface area (Å²) in [7, 11) is -4.47. The Labute approximate surface area is 153 Å². The lowest BCUT2D eigenvalue weighted by Crippen LogP contribution is -2.57. The monoisotopic (exact) mass is 392 g/mol. The largest absolute Gasteiger partial charge is 0.529 e. The molecule has 0 saturated heterocycles. The third-order valence-corrected chi connectivity index (χ3v) is 5.00. The van der Waals surface area contributed by atoms with E-state index in [-0.39, 0.29) is 30.6 Å². The molecule has 1 amide bonds. The van der Waals surface area contributed by atoms with Gasteiger partial charge in [-0.25, -0.2) is 9.36 Å². The summed E-state index contributed by atoms with van der Waals surface area (Å²) in [5.41, 5.74) is 6.24. The van der Waals surface area contributed by atoms with Crippen molar-refractivity contribution in [3.8, 4) is 0 Å². The average molecular weight is 392 g/mol. The molecule has 0 fully saturated rings. The number of ether oxygens (including phenoxy) is 1. The maximum Gasteiger partial charge on any atom is 0.529 e. The highest BCUT2D eigenvalue weighted by Gasteiger charge is 2.37. The van der Waals surface area contributed by atoms with E-state index in [4.69, 9.17) is 10.5 Å². The minimum Gasteiger partial charge on any atom is -0.369 e. The standard InChI is InChI=1S/C16H29N2O7P/c1-5-12(6-2)24-14-9-11(8-13(17)15(14)18-10(4)19)16(20)25-26(21,22)23-7-3/h9,12-15H,5-8,17H2,1-4H3,(H,18,19)(H,21,22). The van der Waals surface area contributed by atoms with Gasteiger partial charge < -0.3 is 20.3 Å². The Hall–Kier alpha value is -1.25. The first-order valence-corrected chi connectivity index (χ1v) is 10.2. The van der Waals surface area contributed by atoms with Crippen molar-refractivity contribution in [2.45, 2.75) is 71.2 Å². The summed E-state index contributed by atoms with van der Waals surface area (Å²) >= 11 is 0. The Morgan fingerprint density at radius 3 is 2.50 bits per heavy atom. The number of nitrogens with one attached hydrogen (secondary N) is 1. The number of phosphoric acid groups is 1. The zero-order valence-electron chi connectivity index (χ0n) is 15.6. The molecular formula is C16H29N2O7P. The predicted octanol–water partition coefficient (Wildman–Crippen LogP) is 1.40. The molecule has 1 rings (SSSR count). The zero-order valence-corrected chi connectivity index (χ0v) is 16.5. The van der Waals surface area contributed by atoms with Crippen LogP contribution >= 0.6 is 7.82 Å². The summed E-state index contributed by atoms with van der Waals surface area (Å²) in [6.07, 6.45) is 2.33. The van der Waals surface area contributed by atoms with E-state index in [1.165, 1.54) is 19.9 Å². The lowest BCUT2D eigenvalue weighted by Gasteiger charge is -2.36. The third kappa shape index (κ3) is 6.81. The van der Waals surface area contributed by atoms with E-state index in [2.05, 4.69) is 14.4 Å². The fraction of sp³-hybridized carbons (Fsp3) is 0.750. The van der Waals surface area contributed by atoms with Crippen molar-refractivity contribution in [2.75, 3.05) is 6.61 Å². The van der Waals surface area contributed by atoms with E-state index in [0.29, 0.717) is 0 Å². The first-order chi connectivity index (χ1) is 12.1. The molecule has 0 aromatic carbocycles. The Kier molecular flexibility index (Phi) is 8.92. The smallest absolute Gasteiger partial charge is 0.369 e. The maximum absolute atomic E-state index is 12.2. The number of phosphoric ester groups is 1. The maximum atomic E-state index is 12.2. The quantitative estimate of drug-likeness (QED) is 0.501. The topological polar surface area (TPSA) is 137 Å². The van der Waals surface area contributed by atoms with Gasteiger partial charge in [0.1, 0.15) is 0 Å². The molecule has 10 heteroatoms. The first-order valence-electron chi connectivity index (χ1n) is 8.73. The number of carbonyl (C=O) groups excluding carboxylic acids is 2. The van der Waals surface area contributed by atoms with Gasteiger partial charge in [-0.1, -0.05) is 13.8 Å². The van der Waals surface area contributed by atoms with Crippen LogP contribution in [0.3, 0.4) is 0 Å². The fourth-order valence-electron chi connectivity index (χ4n) is 2.75. The van der Waals surface area contributed by atoms with Crippen LogP contribution < -0.4 is 11.1 Å². The molecule has 1 aliphatic carbocycles. The second-order valence-electron chi connectivity index (χ2n) is 6.09.